The van der Waals surface area contributed by atoms with Crippen LogP contribution in [0.15, 0.2) is 40.5 Å². The van der Waals surface area contributed by atoms with E-state index in [1.807, 2.05) is 32.0 Å². The van der Waals surface area contributed by atoms with Crippen LogP contribution in [0, 0.1) is 0 Å². The van der Waals surface area contributed by atoms with Gasteiger partial charge in [-0.05, 0) is 24.5 Å². The number of amidine groups is 1. The van der Waals surface area contributed by atoms with Crippen LogP contribution in [-0.4, -0.2) is 47.0 Å². The number of H-pyrrole nitrogens is 1. The van der Waals surface area contributed by atoms with Crippen LogP contribution in [-0.2, 0) is 4.79 Å². The third kappa shape index (κ3) is 4.12. The minimum absolute atomic E-state index is 0.0906. The van der Waals surface area contributed by atoms with E-state index in [1.54, 1.807) is 6.20 Å². The molecular weight excluding hydrogens is 396 g/mol. The first kappa shape index (κ1) is 19.9. The summed E-state index contributed by atoms with van der Waals surface area (Å²) in [5.74, 6) is 0.750. The number of aromatic nitrogens is 2. The number of carbonyl (C=O) groups excluding carboxylic acids is 1. The molecule has 0 atom stereocenters. The van der Waals surface area contributed by atoms with Crippen LogP contribution in [0.3, 0.4) is 0 Å². The highest BCUT2D eigenvalue weighted by molar-refractivity contribution is 5.93. The molecule has 158 valence electrons. The molecule has 2 aliphatic rings. The number of rotatable bonds is 3. The van der Waals surface area contributed by atoms with Crippen molar-refractivity contribution in [2.75, 3.05) is 19.4 Å². The number of benzene rings is 1. The summed E-state index contributed by atoms with van der Waals surface area (Å²) in [6.45, 7) is 1.92. The Hall–Kier alpha value is -3.43. The van der Waals surface area contributed by atoms with E-state index in [4.69, 9.17) is 0 Å². The summed E-state index contributed by atoms with van der Waals surface area (Å²) >= 11 is 0. The van der Waals surface area contributed by atoms with Gasteiger partial charge in [-0.1, -0.05) is 6.08 Å². The number of aliphatic imine (C=N–C) groups is 1. The van der Waals surface area contributed by atoms with Gasteiger partial charge in [0.25, 0.3) is 0 Å². The van der Waals surface area contributed by atoms with Gasteiger partial charge in [-0.15, -0.1) is 8.78 Å². The molecule has 2 N–H and O–H groups in total. The number of aromatic amines is 1. The third-order valence-electron chi connectivity index (χ3n) is 4.80. The average molecular weight is 417 g/mol. The molecule has 2 aromatic rings. The van der Waals surface area contributed by atoms with Crippen molar-refractivity contribution in [2.45, 2.75) is 32.5 Å². The minimum atomic E-state index is -3.69. The maximum absolute atomic E-state index is 13.2. The first-order valence-corrected chi connectivity index (χ1v) is 9.40. The number of hydrogen-bond acceptors (Lipinski definition) is 6. The number of hydrogen-bond donors (Lipinski definition) is 2. The second kappa shape index (κ2) is 7.43. The molecule has 1 amide bonds. The van der Waals surface area contributed by atoms with Crippen LogP contribution in [0.4, 0.5) is 14.7 Å². The Morgan fingerprint density at radius 2 is 2.03 bits per heavy atom. The number of imidazole rings is 1. The normalized spacial score (nSPS) is 21.0. The van der Waals surface area contributed by atoms with E-state index in [9.17, 15) is 13.6 Å². The zero-order valence-electron chi connectivity index (χ0n) is 16.8. The number of carbonyl (C=O) groups is 1. The summed E-state index contributed by atoms with van der Waals surface area (Å²) in [6, 6.07) is 2.70. The lowest BCUT2D eigenvalue weighted by atomic mass is 10.0. The lowest BCUT2D eigenvalue weighted by molar-refractivity contribution is -0.286. The van der Waals surface area contributed by atoms with Crippen LogP contribution in [0.1, 0.15) is 26.2 Å². The van der Waals surface area contributed by atoms with Crippen molar-refractivity contribution in [3.8, 4) is 11.5 Å². The summed E-state index contributed by atoms with van der Waals surface area (Å²) in [6.07, 6.45) is 1.87. The predicted octanol–water partition coefficient (Wildman–Crippen LogP) is 3.80. The molecule has 0 radical (unpaired) electrons. The monoisotopic (exact) mass is 417 g/mol. The molecule has 10 heteroatoms. The number of nitrogens with one attached hydrogen (secondary N) is 2. The van der Waals surface area contributed by atoms with Crippen LogP contribution < -0.4 is 14.8 Å². The zero-order chi connectivity index (χ0) is 21.5. The van der Waals surface area contributed by atoms with Crippen molar-refractivity contribution in [3.05, 3.63) is 35.6 Å². The molecular formula is C20H21F2N5O3. The maximum atomic E-state index is 13.2. The van der Waals surface area contributed by atoms with E-state index in [0.717, 1.165) is 29.8 Å². The van der Waals surface area contributed by atoms with Gasteiger partial charge < -0.3 is 19.4 Å². The van der Waals surface area contributed by atoms with Gasteiger partial charge in [0, 0.05) is 38.8 Å². The van der Waals surface area contributed by atoms with Crippen LogP contribution in [0.25, 0.3) is 11.0 Å². The van der Waals surface area contributed by atoms with Crippen molar-refractivity contribution < 1.29 is 23.0 Å². The number of fused-ring (bicyclic) bond motifs is 2. The van der Waals surface area contributed by atoms with E-state index in [1.165, 1.54) is 12.1 Å². The summed E-state index contributed by atoms with van der Waals surface area (Å²) < 4.78 is 35.2. The first-order chi connectivity index (χ1) is 14.2. The van der Waals surface area contributed by atoms with Crippen molar-refractivity contribution >= 4 is 28.7 Å². The Morgan fingerprint density at radius 1 is 1.30 bits per heavy atom. The molecule has 1 aromatic heterocycles. The minimum Gasteiger partial charge on any atom is -0.395 e. The van der Waals surface area contributed by atoms with Gasteiger partial charge in [-0.2, -0.15) is 0 Å². The van der Waals surface area contributed by atoms with Crippen molar-refractivity contribution in [2.24, 2.45) is 4.99 Å². The Balaban J connectivity index is 1.46. The fourth-order valence-electron chi connectivity index (χ4n) is 3.27. The molecule has 0 saturated heterocycles. The van der Waals surface area contributed by atoms with E-state index in [0.29, 0.717) is 11.0 Å². The Bertz CT molecular complexity index is 1060. The zero-order valence-corrected chi connectivity index (χ0v) is 16.8. The number of amides is 1. The second-order valence-corrected chi connectivity index (χ2v) is 7.31. The van der Waals surface area contributed by atoms with E-state index >= 15 is 0 Å². The lowest BCUT2D eigenvalue weighted by Crippen LogP contribution is -2.25. The van der Waals surface area contributed by atoms with E-state index in [2.05, 4.69) is 29.8 Å². The summed E-state index contributed by atoms with van der Waals surface area (Å²) in [5, 5.41) is 2.71. The van der Waals surface area contributed by atoms with Crippen molar-refractivity contribution in [1.29, 1.82) is 0 Å². The molecule has 0 aliphatic carbocycles. The molecule has 0 fully saturated rings. The van der Waals surface area contributed by atoms with Crippen LogP contribution in [0.2, 0.25) is 0 Å². The predicted molar refractivity (Wildman–Crippen MR) is 108 cm³/mol. The Morgan fingerprint density at radius 3 is 2.77 bits per heavy atom. The lowest BCUT2D eigenvalue weighted by Gasteiger charge is -2.17. The highest BCUT2D eigenvalue weighted by Crippen LogP contribution is 2.42. The number of ether oxygens (including phenoxy) is 2. The Kier molecular flexibility index (Phi) is 4.92. The summed E-state index contributed by atoms with van der Waals surface area (Å²) in [5.41, 5.74) is 2.63. The highest BCUT2D eigenvalue weighted by Gasteiger charge is 2.43. The standard InChI is InChI=1S/C20H21F2N5O3/c1-11-10-23-17(27(2)3)6-4-5-12(11)7-18(28)26-19-24-13-8-15-16(9-14(13)25-19)30-20(21,22)29-15/h5,8-10H,4,6-7H2,1-3H3,(H2,24,25,26,28)/b11-10-,12-5-,23-17?. The third-order valence-corrected chi connectivity index (χ3v) is 4.80. The fourth-order valence-corrected chi connectivity index (χ4v) is 3.27. The van der Waals surface area contributed by atoms with Gasteiger partial charge in [-0.3, -0.25) is 10.1 Å². The molecule has 8 nitrogen and oxygen atoms in total. The van der Waals surface area contributed by atoms with Gasteiger partial charge >= 0.3 is 6.29 Å². The molecule has 0 unspecified atom stereocenters. The van der Waals surface area contributed by atoms with Crippen molar-refractivity contribution in [1.82, 2.24) is 14.9 Å². The number of halogens is 2. The molecule has 30 heavy (non-hydrogen) atoms. The molecule has 0 bridgehead atoms. The molecule has 2 aliphatic heterocycles. The van der Waals surface area contributed by atoms with Crippen LogP contribution in [0.5, 0.6) is 11.5 Å². The molecule has 3 heterocycles. The number of allylic oxidation sites excluding steroid dienone is 2. The quantitative estimate of drug-likeness (QED) is 0.793. The maximum Gasteiger partial charge on any atom is 0.586 e. The Labute approximate surface area is 171 Å². The number of nitrogens with zero attached hydrogens (tertiary/aromatic N) is 3. The van der Waals surface area contributed by atoms with Gasteiger partial charge in [-0.25, -0.2) is 9.98 Å². The van der Waals surface area contributed by atoms with Crippen molar-refractivity contribution in [3.63, 3.8) is 0 Å². The summed E-state index contributed by atoms with van der Waals surface area (Å²) in [7, 11) is 3.90. The molecule has 0 saturated carbocycles. The van der Waals surface area contributed by atoms with Gasteiger partial charge in [0.1, 0.15) is 5.84 Å². The molecule has 1 aromatic carbocycles. The SMILES string of the molecule is CC1=C/N=C(N(C)C)CC/C=C\1CC(=O)Nc1nc2cc3c(cc2[nH]1)OC(F)(F)O3. The smallest absolute Gasteiger partial charge is 0.395 e. The van der Waals surface area contributed by atoms with E-state index in [-0.39, 0.29) is 29.8 Å². The number of anilines is 1. The fraction of sp³-hybridized carbons (Fsp3) is 0.350. The van der Waals surface area contributed by atoms with Gasteiger partial charge in [0.05, 0.1) is 17.5 Å². The first-order valence-electron chi connectivity index (χ1n) is 9.40. The average Bonchev–Trinajstić information content (AvgIpc) is 3.15. The number of alkyl halides is 2. The largest absolute Gasteiger partial charge is 0.586 e. The molecule has 4 rings (SSSR count). The second-order valence-electron chi connectivity index (χ2n) is 7.31. The van der Waals surface area contributed by atoms with E-state index < -0.39 is 6.29 Å². The molecule has 0 spiro atoms. The van der Waals surface area contributed by atoms with Gasteiger partial charge in [0.15, 0.2) is 11.5 Å². The van der Waals surface area contributed by atoms with Crippen LogP contribution >= 0.6 is 0 Å². The summed E-state index contributed by atoms with van der Waals surface area (Å²) in [4.78, 5) is 26.1. The van der Waals surface area contributed by atoms with Gasteiger partial charge in [0.2, 0.25) is 11.9 Å². The topological polar surface area (TPSA) is 91.8 Å². The highest BCUT2D eigenvalue weighted by atomic mass is 19.3.